The Balaban J connectivity index is 1.26. The molecule has 5 aromatic rings. The number of para-hydroxylation sites is 1. The van der Waals surface area contributed by atoms with Crippen molar-refractivity contribution in [3.05, 3.63) is 101 Å². The van der Waals surface area contributed by atoms with Gasteiger partial charge < -0.3 is 15.7 Å². The van der Waals surface area contributed by atoms with Gasteiger partial charge in [0.05, 0.1) is 22.1 Å². The second-order valence-corrected chi connectivity index (χ2v) is 9.88. The minimum Gasteiger partial charge on any atom is -0.507 e. The summed E-state index contributed by atoms with van der Waals surface area (Å²) in [5.74, 6) is 1.20. The van der Waals surface area contributed by atoms with Crippen LogP contribution in [0.1, 0.15) is 5.56 Å². The van der Waals surface area contributed by atoms with Gasteiger partial charge in [0.15, 0.2) is 5.65 Å². The fourth-order valence-electron chi connectivity index (χ4n) is 3.65. The van der Waals surface area contributed by atoms with E-state index >= 15 is 0 Å². The molecule has 0 aliphatic rings. The molecule has 7 nitrogen and oxygen atoms in total. The molecule has 0 aliphatic heterocycles. The van der Waals surface area contributed by atoms with Gasteiger partial charge in [-0.25, -0.2) is 4.98 Å². The van der Waals surface area contributed by atoms with Crippen molar-refractivity contribution in [3.8, 4) is 17.0 Å². The number of phenols is 1. The molecule has 0 saturated heterocycles. The zero-order valence-electron chi connectivity index (χ0n) is 19.1. The topological polar surface area (TPSA) is 91.5 Å². The van der Waals surface area contributed by atoms with Crippen LogP contribution < -0.4 is 10.6 Å². The Bertz CT molecular complexity index is 1510. The minimum atomic E-state index is -0.0464. The maximum atomic E-state index is 12.3. The highest BCUT2D eigenvalue weighted by Gasteiger charge is 2.13. The number of halogens is 1. The molecule has 0 radical (unpaired) electrons. The van der Waals surface area contributed by atoms with Crippen LogP contribution in [-0.4, -0.2) is 31.4 Å². The number of anilines is 2. The first-order chi connectivity index (χ1) is 17.6. The summed E-state index contributed by atoms with van der Waals surface area (Å²) in [5, 5.41) is 21.1. The van der Waals surface area contributed by atoms with Gasteiger partial charge in [0.1, 0.15) is 11.6 Å². The lowest BCUT2D eigenvalue weighted by Crippen LogP contribution is -2.14. The molecule has 0 bridgehead atoms. The van der Waals surface area contributed by atoms with Crippen LogP contribution in [0.3, 0.4) is 0 Å². The summed E-state index contributed by atoms with van der Waals surface area (Å²) in [6.45, 7) is 0.537. The van der Waals surface area contributed by atoms with E-state index in [4.69, 9.17) is 0 Å². The molecule has 5 rings (SSSR count). The second-order valence-electron chi connectivity index (χ2n) is 7.97. The smallest absolute Gasteiger partial charge is 0.234 e. The number of benzene rings is 3. The Morgan fingerprint density at radius 2 is 1.75 bits per heavy atom. The molecular weight excluding hydrogens is 538 g/mol. The second kappa shape index (κ2) is 10.8. The molecule has 2 aromatic heterocycles. The fourth-order valence-corrected chi connectivity index (χ4v) is 4.72. The Morgan fingerprint density at radius 3 is 2.53 bits per heavy atom. The van der Waals surface area contributed by atoms with E-state index in [1.807, 2.05) is 72.8 Å². The lowest BCUT2D eigenvalue weighted by atomic mass is 10.1. The van der Waals surface area contributed by atoms with Crippen molar-refractivity contribution in [3.63, 3.8) is 0 Å². The lowest BCUT2D eigenvalue weighted by Gasteiger charge is -2.12. The van der Waals surface area contributed by atoms with Crippen molar-refractivity contribution in [1.29, 1.82) is 0 Å². The third-order valence-electron chi connectivity index (χ3n) is 5.43. The number of carbonyl (C=O) groups is 1. The van der Waals surface area contributed by atoms with Crippen LogP contribution in [-0.2, 0) is 11.3 Å². The molecule has 0 fully saturated rings. The van der Waals surface area contributed by atoms with Gasteiger partial charge in [0.2, 0.25) is 5.91 Å². The predicted molar refractivity (Wildman–Crippen MR) is 147 cm³/mol. The molecule has 0 unspecified atom stereocenters. The molecule has 2 heterocycles. The molecular formula is C27H22BrN5O2S. The van der Waals surface area contributed by atoms with Gasteiger partial charge in [0, 0.05) is 28.8 Å². The highest BCUT2D eigenvalue weighted by Crippen LogP contribution is 2.31. The lowest BCUT2D eigenvalue weighted by molar-refractivity contribution is -0.113. The average Bonchev–Trinajstić information content (AvgIpc) is 3.28. The first-order valence-electron chi connectivity index (χ1n) is 11.2. The zero-order chi connectivity index (χ0) is 24.9. The number of thioether (sulfide) groups is 1. The number of phenolic OH excluding ortho intramolecular Hbond substituents is 1. The van der Waals surface area contributed by atoms with Gasteiger partial charge in [0.25, 0.3) is 0 Å². The van der Waals surface area contributed by atoms with Crippen molar-refractivity contribution in [2.24, 2.45) is 0 Å². The normalized spacial score (nSPS) is 10.9. The summed E-state index contributed by atoms with van der Waals surface area (Å²) in [6, 6.07) is 26.5. The monoisotopic (exact) mass is 559 g/mol. The number of hydrogen-bond donors (Lipinski definition) is 3. The molecule has 3 aromatic carbocycles. The number of fused-ring (bicyclic) bond motifs is 1. The number of amides is 1. The molecule has 1 amide bonds. The van der Waals surface area contributed by atoms with Crippen LogP contribution in [0.25, 0.3) is 16.9 Å². The fraction of sp³-hybridized carbons (Fsp3) is 0.0741. The largest absolute Gasteiger partial charge is 0.507 e. The van der Waals surface area contributed by atoms with Gasteiger partial charge in [-0.2, -0.15) is 9.61 Å². The summed E-state index contributed by atoms with van der Waals surface area (Å²) in [5.41, 5.74) is 3.70. The SMILES string of the molecule is O=C(CSc1ccccc1)Nc1ccc(CNc2cc(-c3ccccc3O)nc3c(Br)cnn23)cc1. The zero-order valence-corrected chi connectivity index (χ0v) is 21.5. The number of rotatable bonds is 8. The third kappa shape index (κ3) is 5.53. The predicted octanol–water partition coefficient (Wildman–Crippen LogP) is 6.21. The number of nitrogens with zero attached hydrogens (tertiary/aromatic N) is 3. The van der Waals surface area contributed by atoms with E-state index in [0.717, 1.165) is 26.4 Å². The molecule has 0 saturated carbocycles. The summed E-state index contributed by atoms with van der Waals surface area (Å²) in [6.07, 6.45) is 1.69. The Kier molecular flexibility index (Phi) is 7.20. The van der Waals surface area contributed by atoms with Gasteiger partial charge in [-0.05, 0) is 57.9 Å². The Labute approximate surface area is 220 Å². The van der Waals surface area contributed by atoms with Crippen molar-refractivity contribution in [2.75, 3.05) is 16.4 Å². The molecule has 0 spiro atoms. The van der Waals surface area contributed by atoms with Crippen LogP contribution in [0.4, 0.5) is 11.5 Å². The van der Waals surface area contributed by atoms with Crippen LogP contribution in [0.15, 0.2) is 100 Å². The van der Waals surface area contributed by atoms with E-state index < -0.39 is 0 Å². The average molecular weight is 560 g/mol. The van der Waals surface area contributed by atoms with Crippen molar-refractivity contribution in [1.82, 2.24) is 14.6 Å². The van der Waals surface area contributed by atoms with Crippen molar-refractivity contribution in [2.45, 2.75) is 11.4 Å². The number of nitrogens with one attached hydrogen (secondary N) is 2. The summed E-state index contributed by atoms with van der Waals surface area (Å²) in [4.78, 5) is 18.0. The van der Waals surface area contributed by atoms with E-state index in [1.165, 1.54) is 11.8 Å². The Morgan fingerprint density at radius 1 is 1.00 bits per heavy atom. The van der Waals surface area contributed by atoms with Crippen LogP contribution >= 0.6 is 27.7 Å². The van der Waals surface area contributed by atoms with Crippen molar-refractivity contribution >= 4 is 50.8 Å². The highest BCUT2D eigenvalue weighted by molar-refractivity contribution is 9.10. The van der Waals surface area contributed by atoms with E-state index in [9.17, 15) is 9.90 Å². The van der Waals surface area contributed by atoms with Crippen LogP contribution in [0.2, 0.25) is 0 Å². The number of hydrogen-bond acceptors (Lipinski definition) is 6. The van der Waals surface area contributed by atoms with E-state index in [2.05, 4.69) is 36.6 Å². The van der Waals surface area contributed by atoms with Gasteiger partial charge in [-0.1, -0.05) is 42.5 Å². The van der Waals surface area contributed by atoms with Crippen LogP contribution in [0.5, 0.6) is 5.75 Å². The number of aromatic nitrogens is 3. The highest BCUT2D eigenvalue weighted by atomic mass is 79.9. The molecule has 9 heteroatoms. The molecule has 36 heavy (non-hydrogen) atoms. The maximum absolute atomic E-state index is 12.3. The number of carbonyl (C=O) groups excluding carboxylic acids is 1. The summed E-state index contributed by atoms with van der Waals surface area (Å²) < 4.78 is 2.47. The minimum absolute atomic E-state index is 0.0464. The molecule has 0 aliphatic carbocycles. The van der Waals surface area contributed by atoms with E-state index in [-0.39, 0.29) is 11.7 Å². The standard InChI is InChI=1S/C27H22BrN5O2S/c28-22-16-30-33-25(14-23(32-27(22)33)21-8-4-5-9-24(21)34)29-15-18-10-12-19(13-11-18)31-26(35)17-36-20-6-2-1-3-7-20/h1-14,16,29,34H,15,17H2,(H,31,35). The first-order valence-corrected chi connectivity index (χ1v) is 13.0. The van der Waals surface area contributed by atoms with Crippen LogP contribution in [0, 0.1) is 0 Å². The number of aromatic hydroxyl groups is 1. The Hall–Kier alpha value is -3.82. The molecule has 0 atom stereocenters. The van der Waals surface area contributed by atoms with E-state index in [1.54, 1.807) is 22.8 Å². The van der Waals surface area contributed by atoms with Gasteiger partial charge in [-0.3, -0.25) is 4.79 Å². The maximum Gasteiger partial charge on any atom is 0.234 e. The quantitative estimate of drug-likeness (QED) is 0.196. The van der Waals surface area contributed by atoms with Crippen molar-refractivity contribution < 1.29 is 9.90 Å². The van der Waals surface area contributed by atoms with Gasteiger partial charge in [-0.15, -0.1) is 11.8 Å². The summed E-state index contributed by atoms with van der Waals surface area (Å²) in [7, 11) is 0. The molecule has 180 valence electrons. The third-order valence-corrected chi connectivity index (χ3v) is 7.00. The molecule has 3 N–H and O–H groups in total. The first kappa shape index (κ1) is 23.9. The summed E-state index contributed by atoms with van der Waals surface area (Å²) >= 11 is 5.01. The van der Waals surface area contributed by atoms with Gasteiger partial charge >= 0.3 is 0 Å². The van der Waals surface area contributed by atoms with E-state index in [0.29, 0.717) is 29.2 Å².